The number of rotatable bonds is 0. The molecule has 2 saturated heterocycles. The molecular formula is C27H44O5. The van der Waals surface area contributed by atoms with Crippen LogP contribution in [0.15, 0.2) is 0 Å². The van der Waals surface area contributed by atoms with E-state index in [1.54, 1.807) is 0 Å². The summed E-state index contributed by atoms with van der Waals surface area (Å²) in [5.41, 5.74) is 0.324. The van der Waals surface area contributed by atoms with Crippen molar-refractivity contribution in [1.29, 1.82) is 0 Å². The van der Waals surface area contributed by atoms with Gasteiger partial charge < -0.3 is 24.8 Å². The van der Waals surface area contributed by atoms with Crippen molar-refractivity contribution in [1.82, 2.24) is 0 Å². The van der Waals surface area contributed by atoms with Crippen LogP contribution in [-0.2, 0) is 9.47 Å². The normalized spacial score (nSPS) is 64.0. The van der Waals surface area contributed by atoms with Crippen molar-refractivity contribution in [3.05, 3.63) is 0 Å². The third-order valence-electron chi connectivity index (χ3n) is 11.9. The molecule has 6 fully saturated rings. The van der Waals surface area contributed by atoms with E-state index in [1.165, 1.54) is 12.8 Å². The maximum atomic E-state index is 11.2. The third-order valence-corrected chi connectivity index (χ3v) is 11.9. The highest BCUT2D eigenvalue weighted by Gasteiger charge is 2.71. The van der Waals surface area contributed by atoms with Crippen LogP contribution in [0.5, 0.6) is 0 Å². The first-order chi connectivity index (χ1) is 15.1. The molecule has 14 atom stereocenters. The van der Waals surface area contributed by atoms with Gasteiger partial charge >= 0.3 is 0 Å². The van der Waals surface area contributed by atoms with E-state index in [-0.39, 0.29) is 41.0 Å². The van der Waals surface area contributed by atoms with Crippen LogP contribution in [0.25, 0.3) is 0 Å². The quantitative estimate of drug-likeness (QED) is 0.526. The van der Waals surface area contributed by atoms with Crippen molar-refractivity contribution in [3.8, 4) is 0 Å². The molecule has 6 aliphatic rings. The first kappa shape index (κ1) is 22.3. The maximum absolute atomic E-state index is 11.2. The summed E-state index contributed by atoms with van der Waals surface area (Å²) < 4.78 is 13.0. The van der Waals surface area contributed by atoms with Crippen molar-refractivity contribution >= 4 is 0 Å². The fraction of sp³-hybridized carbons (Fsp3) is 1.00. The maximum Gasteiger partial charge on any atom is 0.197 e. The molecule has 4 saturated carbocycles. The lowest BCUT2D eigenvalue weighted by atomic mass is 9.43. The average molecular weight is 449 g/mol. The van der Waals surface area contributed by atoms with Crippen LogP contribution in [0.1, 0.15) is 79.1 Å². The van der Waals surface area contributed by atoms with Crippen LogP contribution in [0, 0.1) is 52.3 Å². The van der Waals surface area contributed by atoms with Gasteiger partial charge in [0.2, 0.25) is 0 Å². The molecule has 0 bridgehead atoms. The number of aliphatic hydroxyl groups excluding tert-OH is 3. The molecule has 0 radical (unpaired) electrons. The number of hydrogen-bond acceptors (Lipinski definition) is 5. The van der Waals surface area contributed by atoms with Gasteiger partial charge in [-0.15, -0.1) is 0 Å². The lowest BCUT2D eigenvalue weighted by molar-refractivity contribution is -0.316. The zero-order chi connectivity index (χ0) is 22.6. The van der Waals surface area contributed by atoms with Gasteiger partial charge in [-0.3, -0.25) is 0 Å². The molecule has 0 aromatic rings. The molecule has 4 aliphatic carbocycles. The summed E-state index contributed by atoms with van der Waals surface area (Å²) in [6.07, 6.45) is 6.86. The highest BCUT2D eigenvalue weighted by Crippen LogP contribution is 2.71. The topological polar surface area (TPSA) is 79.2 Å². The minimum atomic E-state index is -0.824. The van der Waals surface area contributed by atoms with Gasteiger partial charge in [0.1, 0.15) is 6.10 Å². The molecule has 3 unspecified atom stereocenters. The summed E-state index contributed by atoms with van der Waals surface area (Å²) in [5, 5.41) is 32.6. The molecule has 0 amide bonds. The van der Waals surface area contributed by atoms with E-state index in [1.807, 2.05) is 0 Å². The number of ether oxygens (including phenoxy) is 2. The van der Waals surface area contributed by atoms with Gasteiger partial charge in [-0.2, -0.15) is 0 Å². The van der Waals surface area contributed by atoms with E-state index in [2.05, 4.69) is 27.7 Å². The molecule has 0 aromatic carbocycles. The van der Waals surface area contributed by atoms with Crippen LogP contribution in [0.2, 0.25) is 0 Å². The molecule has 2 heterocycles. The fourth-order valence-corrected chi connectivity index (χ4v) is 10.4. The first-order valence-corrected chi connectivity index (χ1v) is 13.5. The van der Waals surface area contributed by atoms with Crippen LogP contribution in [0.3, 0.4) is 0 Å². The fourth-order valence-electron chi connectivity index (χ4n) is 10.4. The van der Waals surface area contributed by atoms with Gasteiger partial charge in [-0.05, 0) is 97.7 Å². The summed E-state index contributed by atoms with van der Waals surface area (Å²) in [6.45, 7) is 9.98. The molecule has 32 heavy (non-hydrogen) atoms. The summed E-state index contributed by atoms with van der Waals surface area (Å²) in [5.74, 6) is 2.12. The second-order valence-electron chi connectivity index (χ2n) is 13.4. The molecule has 2 aliphatic heterocycles. The van der Waals surface area contributed by atoms with Crippen molar-refractivity contribution in [3.63, 3.8) is 0 Å². The van der Waals surface area contributed by atoms with Crippen molar-refractivity contribution in [2.75, 3.05) is 6.61 Å². The SMILES string of the molecule is C[C@@H]1CO[C@@]2(OC3C[C@H]4[C@@H]5C[C@@H](O)[C@H]6C[C@@H](O)CC[C@]6(C)[C@H]5CC[C@]4(C)C3[C@@H]2C)C(O)C1. The Bertz CT molecular complexity index is 758. The summed E-state index contributed by atoms with van der Waals surface area (Å²) in [4.78, 5) is 0. The summed E-state index contributed by atoms with van der Waals surface area (Å²) in [6, 6.07) is 0. The third kappa shape index (κ3) is 2.75. The smallest absolute Gasteiger partial charge is 0.197 e. The Morgan fingerprint density at radius 1 is 0.812 bits per heavy atom. The van der Waals surface area contributed by atoms with Crippen molar-refractivity contribution in [2.45, 2.75) is 109 Å². The molecule has 5 nitrogen and oxygen atoms in total. The van der Waals surface area contributed by atoms with Crippen LogP contribution >= 0.6 is 0 Å². The van der Waals surface area contributed by atoms with Gasteiger partial charge in [-0.1, -0.05) is 27.7 Å². The standard InChI is InChI=1S/C27H44O5/c1-14-9-23(30)27(31-13-14)15(2)24-22(32-27)12-19-17-11-21(29)20-10-16(28)5-7-25(20,3)18(17)6-8-26(19,24)4/h14-24,28-30H,5-13H2,1-4H3/t14-,15-,16-,17+,18-,19-,20+,21+,22?,23?,24?,25+,26-,27-/m0/s1. The number of aliphatic hydroxyl groups is 3. The van der Waals surface area contributed by atoms with E-state index < -0.39 is 11.9 Å². The predicted molar refractivity (Wildman–Crippen MR) is 121 cm³/mol. The minimum absolute atomic E-state index is 0.146. The van der Waals surface area contributed by atoms with Crippen molar-refractivity contribution < 1.29 is 24.8 Å². The Hall–Kier alpha value is -0.200. The number of fused-ring (bicyclic) bond motifs is 7. The lowest BCUT2D eigenvalue weighted by Gasteiger charge is -2.62. The molecule has 1 spiro atoms. The van der Waals surface area contributed by atoms with E-state index >= 15 is 0 Å². The van der Waals surface area contributed by atoms with E-state index in [0.29, 0.717) is 36.2 Å². The minimum Gasteiger partial charge on any atom is -0.393 e. The van der Waals surface area contributed by atoms with Crippen LogP contribution in [0.4, 0.5) is 0 Å². The first-order valence-electron chi connectivity index (χ1n) is 13.5. The van der Waals surface area contributed by atoms with Gasteiger partial charge in [0, 0.05) is 5.92 Å². The van der Waals surface area contributed by atoms with Gasteiger partial charge in [0.05, 0.1) is 24.9 Å². The second kappa shape index (κ2) is 7.16. The largest absolute Gasteiger partial charge is 0.393 e. The Labute approximate surface area is 193 Å². The Kier molecular flexibility index (Phi) is 4.99. The zero-order valence-electron chi connectivity index (χ0n) is 20.4. The molecule has 5 heteroatoms. The van der Waals surface area contributed by atoms with E-state index in [4.69, 9.17) is 9.47 Å². The predicted octanol–water partition coefficient (Wildman–Crippen LogP) is 3.74. The Morgan fingerprint density at radius 2 is 1.56 bits per heavy atom. The highest BCUT2D eigenvalue weighted by molar-refractivity contribution is 5.17. The van der Waals surface area contributed by atoms with Crippen molar-refractivity contribution in [2.24, 2.45) is 52.3 Å². The molecule has 182 valence electrons. The monoisotopic (exact) mass is 448 g/mol. The number of hydrogen-bond donors (Lipinski definition) is 3. The van der Waals surface area contributed by atoms with Crippen LogP contribution < -0.4 is 0 Å². The van der Waals surface area contributed by atoms with Gasteiger partial charge in [-0.25, -0.2) is 0 Å². The summed E-state index contributed by atoms with van der Waals surface area (Å²) in [7, 11) is 0. The van der Waals surface area contributed by atoms with E-state index in [0.717, 1.165) is 38.5 Å². The van der Waals surface area contributed by atoms with E-state index in [9.17, 15) is 15.3 Å². The van der Waals surface area contributed by atoms with Gasteiger partial charge in [0.15, 0.2) is 5.79 Å². The molecular weight excluding hydrogens is 404 g/mol. The molecule has 3 N–H and O–H groups in total. The molecule has 6 rings (SSSR count). The highest BCUT2D eigenvalue weighted by atomic mass is 16.7. The average Bonchev–Trinajstić information content (AvgIpc) is 3.18. The zero-order valence-corrected chi connectivity index (χ0v) is 20.4. The van der Waals surface area contributed by atoms with Crippen LogP contribution in [-0.4, -0.2) is 52.1 Å². The molecule has 0 aromatic heterocycles. The van der Waals surface area contributed by atoms with Gasteiger partial charge in [0.25, 0.3) is 0 Å². The lowest BCUT2D eigenvalue weighted by Crippen LogP contribution is -2.59. The Balaban J connectivity index is 1.29. The summed E-state index contributed by atoms with van der Waals surface area (Å²) >= 11 is 0. The second-order valence-corrected chi connectivity index (χ2v) is 13.4. The Morgan fingerprint density at radius 3 is 2.31 bits per heavy atom.